The molecule has 9 heteroatoms. The fraction of sp³-hybridized carbons (Fsp3) is 0.100. The molecule has 1 heterocycles. The molecule has 0 unspecified atom stereocenters. The number of carbonyl (C=O) groups is 1. The Hall–Kier alpha value is 0.690. The van der Waals surface area contributed by atoms with Crippen LogP contribution in [0.4, 0.5) is 0 Å². The van der Waals surface area contributed by atoms with Gasteiger partial charge >= 0.3 is 2.65 Å². The van der Waals surface area contributed by atoms with Gasteiger partial charge in [-0.15, -0.1) is 0 Å². The Morgan fingerprint density at radius 1 is 1.47 bits per heavy atom. The first-order chi connectivity index (χ1) is 8.70. The van der Waals surface area contributed by atoms with Gasteiger partial charge in [0.1, 0.15) is 0 Å². The van der Waals surface area contributed by atoms with Gasteiger partial charge in [0.05, 0.1) is 22.1 Å². The Bertz CT molecular complexity index is 727. The van der Waals surface area contributed by atoms with Gasteiger partial charge in [-0.2, -0.15) is 0 Å². The predicted molar refractivity (Wildman–Crippen MR) is 97.2 cm³/mol. The molecule has 0 spiro atoms. The molecule has 1 aromatic carbocycles. The van der Waals surface area contributed by atoms with E-state index in [0.29, 0.717) is 26.1 Å². The van der Waals surface area contributed by atoms with Crippen LogP contribution in [0.3, 0.4) is 0 Å². The van der Waals surface area contributed by atoms with E-state index >= 15 is 0 Å². The highest BCUT2D eigenvalue weighted by Gasteiger charge is 2.22. The Morgan fingerprint density at radius 2 is 2.11 bits per heavy atom. The molecule has 0 atom stereocenters. The van der Waals surface area contributed by atoms with Crippen LogP contribution >= 0.6 is 74.3 Å². The highest BCUT2D eigenvalue weighted by molar-refractivity contribution is 14.3. The molecule has 4 nitrogen and oxygen atoms in total. The molecule has 1 aromatic heterocycles. The first-order valence-corrected chi connectivity index (χ1v) is 13.3. The second-order valence-corrected chi connectivity index (χ2v) is 19.0. The normalized spacial score (nSPS) is 11.8. The van der Waals surface area contributed by atoms with Crippen molar-refractivity contribution in [3.05, 3.63) is 27.8 Å². The second-order valence-electron chi connectivity index (χ2n) is 3.64. The summed E-state index contributed by atoms with van der Waals surface area (Å²) < 4.78 is 16.5. The van der Waals surface area contributed by atoms with Crippen LogP contribution in [-0.2, 0) is 4.57 Å². The summed E-state index contributed by atoms with van der Waals surface area (Å²) in [6.07, 6.45) is 1.51. The first kappa shape index (κ1) is 16.1. The number of benzene rings is 1. The second kappa shape index (κ2) is 5.82. The molecule has 19 heavy (non-hydrogen) atoms. The Balaban J connectivity index is 2.80. The molecule has 0 bridgehead atoms. The Labute approximate surface area is 148 Å². The van der Waals surface area contributed by atoms with Gasteiger partial charge in [0.25, 0.3) is 0 Å². The van der Waals surface area contributed by atoms with Crippen molar-refractivity contribution >= 4 is 91.1 Å². The van der Waals surface area contributed by atoms with E-state index in [1.165, 1.54) is 17.7 Å². The van der Waals surface area contributed by atoms with Crippen molar-refractivity contribution in [3.8, 4) is 5.75 Å². The number of rotatable bonds is 2. The third kappa shape index (κ3) is 3.48. The van der Waals surface area contributed by atoms with Crippen LogP contribution in [-0.4, -0.2) is 10.5 Å². The van der Waals surface area contributed by atoms with Gasteiger partial charge in [0, 0.05) is 55.5 Å². The lowest BCUT2D eigenvalue weighted by Crippen LogP contribution is -2.02. The van der Waals surface area contributed by atoms with E-state index in [1.807, 2.05) is 0 Å². The number of hydrogen-bond donors (Lipinski definition) is 0. The Kier molecular flexibility index (Phi) is 4.93. The van der Waals surface area contributed by atoms with Crippen LogP contribution in [0.2, 0.25) is 5.02 Å². The molecular weight excluding hydrogens is 582 g/mol. The zero-order valence-corrected chi connectivity index (χ0v) is 16.9. The Morgan fingerprint density at radius 3 is 2.63 bits per heavy atom. The van der Waals surface area contributed by atoms with Crippen molar-refractivity contribution in [2.45, 2.75) is 6.92 Å². The molecule has 0 saturated carbocycles. The van der Waals surface area contributed by atoms with E-state index in [9.17, 15) is 9.36 Å². The van der Waals surface area contributed by atoms with Crippen LogP contribution in [0.1, 0.15) is 11.7 Å². The average molecular weight is 588 g/mol. The van der Waals surface area contributed by atoms with Crippen molar-refractivity contribution in [2.75, 3.05) is 0 Å². The van der Waals surface area contributed by atoms with Gasteiger partial charge in [0.2, 0.25) is 5.91 Å². The van der Waals surface area contributed by atoms with Gasteiger partial charge in [-0.05, 0) is 28.1 Å². The summed E-state index contributed by atoms with van der Waals surface area (Å²) in [4.78, 5) is 11.6. The van der Waals surface area contributed by atoms with E-state index in [1.54, 1.807) is 56.2 Å². The standard InChI is InChI=1S/C10H6BrClI2NO3P/c1-5(16)15-4-8(18-19(13,14)17)9-7(15)3-2-6(11)10(9)12/h2-4H,1H3. The van der Waals surface area contributed by atoms with Crippen molar-refractivity contribution in [2.24, 2.45) is 0 Å². The van der Waals surface area contributed by atoms with Crippen LogP contribution in [0.15, 0.2) is 22.8 Å². The summed E-state index contributed by atoms with van der Waals surface area (Å²) in [6.45, 7) is 1.44. The maximum atomic E-state index is 11.8. The number of fused-ring (bicyclic) bond motifs is 1. The number of aromatic nitrogens is 1. The zero-order valence-electron chi connectivity index (χ0n) is 9.36. The summed E-state index contributed by atoms with van der Waals surface area (Å²) in [5.41, 5.74) is 0.622. The van der Waals surface area contributed by atoms with E-state index in [4.69, 9.17) is 16.1 Å². The lowest BCUT2D eigenvalue weighted by Gasteiger charge is -2.06. The first-order valence-electron chi connectivity index (χ1n) is 4.89. The maximum Gasteiger partial charge on any atom is 0.360 e. The third-order valence-corrected chi connectivity index (χ3v) is 5.24. The van der Waals surface area contributed by atoms with Gasteiger partial charge in [-0.25, -0.2) is 0 Å². The quantitative estimate of drug-likeness (QED) is 0.316. The van der Waals surface area contributed by atoms with Crippen LogP contribution in [0, 0.1) is 0 Å². The summed E-state index contributed by atoms with van der Waals surface area (Å²) in [5, 5.41) is 0.994. The molecule has 102 valence electrons. The van der Waals surface area contributed by atoms with E-state index in [-0.39, 0.29) is 5.91 Å². The predicted octanol–water partition coefficient (Wildman–Crippen LogP) is 6.07. The summed E-state index contributed by atoms with van der Waals surface area (Å²) >= 11 is 13.0. The van der Waals surface area contributed by atoms with Gasteiger partial charge in [0.15, 0.2) is 5.75 Å². The fourth-order valence-electron chi connectivity index (χ4n) is 1.67. The van der Waals surface area contributed by atoms with Crippen LogP contribution in [0.25, 0.3) is 10.9 Å². The largest absolute Gasteiger partial charge is 0.428 e. The van der Waals surface area contributed by atoms with Crippen molar-refractivity contribution in [3.63, 3.8) is 0 Å². The van der Waals surface area contributed by atoms with Crippen molar-refractivity contribution < 1.29 is 13.9 Å². The maximum absolute atomic E-state index is 11.8. The molecule has 0 aliphatic carbocycles. The smallest absolute Gasteiger partial charge is 0.360 e. The summed E-state index contributed by atoms with van der Waals surface area (Å²) in [7, 11) is 0. The zero-order chi connectivity index (χ0) is 14.4. The minimum atomic E-state index is -2.80. The molecule has 0 amide bonds. The third-order valence-electron chi connectivity index (χ3n) is 2.37. The number of hydrogen-bond acceptors (Lipinski definition) is 3. The molecular formula is C10H6BrClI2NO3P. The molecule has 0 saturated heterocycles. The minimum Gasteiger partial charge on any atom is -0.428 e. The molecule has 0 aliphatic heterocycles. The minimum absolute atomic E-state index is 0.171. The van der Waals surface area contributed by atoms with Crippen molar-refractivity contribution in [1.82, 2.24) is 4.57 Å². The summed E-state index contributed by atoms with van der Waals surface area (Å²) in [6, 6.07) is 3.51. The lowest BCUT2D eigenvalue weighted by atomic mass is 10.2. The number of carbonyl (C=O) groups excluding carboxylic acids is 1. The average Bonchev–Trinajstić information content (AvgIpc) is 2.61. The summed E-state index contributed by atoms with van der Waals surface area (Å²) in [5.74, 6) is 0.165. The van der Waals surface area contributed by atoms with Gasteiger partial charge in [-0.3, -0.25) is 13.9 Å². The van der Waals surface area contributed by atoms with Crippen LogP contribution < -0.4 is 4.52 Å². The fourth-order valence-corrected chi connectivity index (χ4v) is 3.90. The molecule has 0 fully saturated rings. The molecule has 0 aliphatic rings. The lowest BCUT2D eigenvalue weighted by molar-refractivity contribution is 0.0941. The number of nitrogens with zero attached hydrogens (tertiary/aromatic N) is 1. The highest BCUT2D eigenvalue weighted by atomic mass is 127. The molecule has 0 radical (unpaired) electrons. The molecule has 2 rings (SSSR count). The topological polar surface area (TPSA) is 48.3 Å². The number of halogens is 4. The van der Waals surface area contributed by atoms with Gasteiger partial charge in [-0.1, -0.05) is 11.6 Å². The van der Waals surface area contributed by atoms with Gasteiger partial charge < -0.3 is 4.52 Å². The van der Waals surface area contributed by atoms with E-state index < -0.39 is 2.65 Å². The highest BCUT2D eigenvalue weighted by Crippen LogP contribution is 2.64. The van der Waals surface area contributed by atoms with E-state index in [2.05, 4.69) is 15.9 Å². The molecule has 0 N–H and O–H groups in total. The molecule has 2 aromatic rings. The van der Waals surface area contributed by atoms with Crippen LogP contribution in [0.5, 0.6) is 5.75 Å². The monoisotopic (exact) mass is 587 g/mol. The SMILES string of the molecule is CC(=O)n1cc(OP(=O)(I)I)c2c(Cl)c(Br)ccc21. The van der Waals surface area contributed by atoms with E-state index in [0.717, 1.165) is 0 Å². The van der Waals surface area contributed by atoms with Crippen molar-refractivity contribution in [1.29, 1.82) is 0 Å².